The molecule has 0 saturated heterocycles. The van der Waals surface area contributed by atoms with Crippen molar-refractivity contribution in [3.63, 3.8) is 0 Å². The smallest absolute Gasteiger partial charge is 0.294 e. The number of aromatic nitrogens is 3. The zero-order valence-electron chi connectivity index (χ0n) is 20.1. The molecule has 11 nitrogen and oxygen atoms in total. The first-order valence-electron chi connectivity index (χ1n) is 11.4. The SMILES string of the molecule is Cc1ccc(Nc2nc(NCCNC(=O)c3ccc(F)cc3)nc(Nc3ccccc3)n2)cc1S(=O)(=O)O. The third-order valence-electron chi connectivity index (χ3n) is 5.19. The Hall–Kier alpha value is -4.62. The molecule has 3 aromatic carbocycles. The highest BCUT2D eigenvalue weighted by molar-refractivity contribution is 7.85. The van der Waals surface area contributed by atoms with Crippen LogP contribution >= 0.6 is 0 Å². The van der Waals surface area contributed by atoms with Crippen molar-refractivity contribution in [1.29, 1.82) is 0 Å². The molecule has 0 atom stereocenters. The minimum atomic E-state index is -4.42. The Balaban J connectivity index is 1.49. The highest BCUT2D eigenvalue weighted by Crippen LogP contribution is 2.23. The largest absolute Gasteiger partial charge is 0.352 e. The first kappa shape index (κ1) is 26.4. The summed E-state index contributed by atoms with van der Waals surface area (Å²) in [6.45, 7) is 2.05. The number of carbonyl (C=O) groups excluding carboxylic acids is 1. The number of halogens is 1. The van der Waals surface area contributed by atoms with Gasteiger partial charge in [0.1, 0.15) is 5.82 Å². The standard InChI is InChI=1S/C25H24FN7O4S/c1-16-7-12-20(15-21(16)38(35,36)37)30-25-32-23(31-24(33-25)29-19-5-3-2-4-6-19)28-14-13-27-22(34)17-8-10-18(26)11-9-17/h2-12,15H,13-14H2,1H3,(H,27,34)(H,35,36,37)(H3,28,29,30,31,32,33). The third kappa shape index (κ3) is 7.21. The quantitative estimate of drug-likeness (QED) is 0.148. The van der Waals surface area contributed by atoms with E-state index in [4.69, 9.17) is 0 Å². The number of nitrogens with zero attached hydrogens (tertiary/aromatic N) is 3. The molecule has 13 heteroatoms. The summed E-state index contributed by atoms with van der Waals surface area (Å²) in [5.41, 5.74) is 1.77. The van der Waals surface area contributed by atoms with E-state index in [1.54, 1.807) is 19.1 Å². The van der Waals surface area contributed by atoms with Crippen molar-refractivity contribution in [2.45, 2.75) is 11.8 Å². The molecule has 0 radical (unpaired) electrons. The van der Waals surface area contributed by atoms with Crippen molar-refractivity contribution in [3.8, 4) is 0 Å². The van der Waals surface area contributed by atoms with Crippen LogP contribution in [0.2, 0.25) is 0 Å². The van der Waals surface area contributed by atoms with E-state index in [9.17, 15) is 22.2 Å². The summed E-state index contributed by atoms with van der Waals surface area (Å²) >= 11 is 0. The Labute approximate surface area is 218 Å². The Kier molecular flexibility index (Phi) is 8.09. The van der Waals surface area contributed by atoms with Gasteiger partial charge in [0.25, 0.3) is 16.0 Å². The van der Waals surface area contributed by atoms with E-state index in [-0.39, 0.29) is 41.7 Å². The molecule has 0 aliphatic carbocycles. The van der Waals surface area contributed by atoms with Gasteiger partial charge in [-0.25, -0.2) is 4.39 Å². The van der Waals surface area contributed by atoms with Crippen molar-refractivity contribution in [2.75, 3.05) is 29.0 Å². The van der Waals surface area contributed by atoms with Crippen LogP contribution in [0.25, 0.3) is 0 Å². The van der Waals surface area contributed by atoms with Crippen LogP contribution in [0.1, 0.15) is 15.9 Å². The minimum Gasteiger partial charge on any atom is -0.352 e. The number of para-hydroxylation sites is 1. The highest BCUT2D eigenvalue weighted by Gasteiger charge is 2.15. The summed E-state index contributed by atoms with van der Waals surface area (Å²) in [7, 11) is -4.42. The first-order valence-corrected chi connectivity index (χ1v) is 12.8. The average molecular weight is 538 g/mol. The van der Waals surface area contributed by atoms with Crippen LogP contribution in [0.5, 0.6) is 0 Å². The molecule has 0 aliphatic heterocycles. The lowest BCUT2D eigenvalue weighted by molar-refractivity contribution is 0.0955. The van der Waals surface area contributed by atoms with Crippen LogP contribution in [-0.4, -0.2) is 46.9 Å². The van der Waals surface area contributed by atoms with E-state index in [1.165, 1.54) is 30.3 Å². The minimum absolute atomic E-state index is 0.0985. The maximum absolute atomic E-state index is 13.1. The fraction of sp³-hybridized carbons (Fsp3) is 0.120. The molecule has 38 heavy (non-hydrogen) atoms. The monoisotopic (exact) mass is 537 g/mol. The van der Waals surface area contributed by atoms with Crippen LogP contribution in [0, 0.1) is 12.7 Å². The van der Waals surface area contributed by atoms with Gasteiger partial charge < -0.3 is 21.3 Å². The molecule has 0 spiro atoms. The molecular weight excluding hydrogens is 513 g/mol. The number of rotatable bonds is 10. The van der Waals surface area contributed by atoms with Gasteiger partial charge >= 0.3 is 0 Å². The van der Waals surface area contributed by atoms with Crippen LogP contribution in [-0.2, 0) is 10.1 Å². The topological polar surface area (TPSA) is 158 Å². The number of anilines is 5. The van der Waals surface area contributed by atoms with Gasteiger partial charge in [0, 0.05) is 30.0 Å². The summed E-state index contributed by atoms with van der Waals surface area (Å²) in [5.74, 6) is -0.304. The lowest BCUT2D eigenvalue weighted by Crippen LogP contribution is -2.29. The maximum Gasteiger partial charge on any atom is 0.294 e. The molecule has 1 amide bonds. The van der Waals surface area contributed by atoms with E-state index in [0.717, 1.165) is 5.69 Å². The van der Waals surface area contributed by atoms with Gasteiger partial charge in [-0.15, -0.1) is 0 Å². The normalized spacial score (nSPS) is 11.0. The molecule has 4 aromatic rings. The first-order chi connectivity index (χ1) is 18.2. The van der Waals surface area contributed by atoms with E-state index in [0.29, 0.717) is 16.8 Å². The van der Waals surface area contributed by atoms with Gasteiger partial charge in [-0.05, 0) is 61.0 Å². The average Bonchev–Trinajstić information content (AvgIpc) is 2.88. The summed E-state index contributed by atoms with van der Waals surface area (Å²) in [5, 5.41) is 11.7. The Bertz CT molecular complexity index is 1540. The van der Waals surface area contributed by atoms with Crippen LogP contribution in [0.15, 0.2) is 77.7 Å². The zero-order valence-corrected chi connectivity index (χ0v) is 21.0. The summed E-state index contributed by atoms with van der Waals surface area (Å²) < 4.78 is 45.9. The number of benzene rings is 3. The van der Waals surface area contributed by atoms with Crippen molar-refractivity contribution in [1.82, 2.24) is 20.3 Å². The number of amides is 1. The maximum atomic E-state index is 13.1. The molecule has 0 bridgehead atoms. The Morgan fingerprint density at radius 2 is 1.47 bits per heavy atom. The fourth-order valence-electron chi connectivity index (χ4n) is 3.36. The van der Waals surface area contributed by atoms with Gasteiger partial charge in [-0.3, -0.25) is 9.35 Å². The van der Waals surface area contributed by atoms with Crippen molar-refractivity contribution in [3.05, 3.63) is 89.7 Å². The van der Waals surface area contributed by atoms with E-state index in [1.807, 2.05) is 30.3 Å². The van der Waals surface area contributed by atoms with Crippen LogP contribution < -0.4 is 21.3 Å². The van der Waals surface area contributed by atoms with Crippen molar-refractivity contribution in [2.24, 2.45) is 0 Å². The molecular formula is C25H24FN7O4S. The molecule has 5 N–H and O–H groups in total. The predicted molar refractivity (Wildman–Crippen MR) is 141 cm³/mol. The molecule has 196 valence electrons. The molecule has 0 aliphatic rings. The second-order valence-corrected chi connectivity index (χ2v) is 9.46. The van der Waals surface area contributed by atoms with Crippen LogP contribution in [0.4, 0.5) is 33.6 Å². The number of carbonyl (C=O) groups is 1. The van der Waals surface area contributed by atoms with E-state index < -0.39 is 15.9 Å². The number of aryl methyl sites for hydroxylation is 1. The molecule has 1 aromatic heterocycles. The van der Waals surface area contributed by atoms with Gasteiger partial charge in [0.05, 0.1) is 4.90 Å². The lowest BCUT2D eigenvalue weighted by Gasteiger charge is -2.13. The Morgan fingerprint density at radius 3 is 2.13 bits per heavy atom. The second kappa shape index (κ2) is 11.6. The number of hydrogen-bond donors (Lipinski definition) is 5. The molecule has 0 saturated carbocycles. The second-order valence-electron chi connectivity index (χ2n) is 8.07. The van der Waals surface area contributed by atoms with Gasteiger partial charge in [-0.2, -0.15) is 23.4 Å². The third-order valence-corrected chi connectivity index (χ3v) is 6.18. The summed E-state index contributed by atoms with van der Waals surface area (Å²) in [6.07, 6.45) is 0. The molecule has 0 unspecified atom stereocenters. The lowest BCUT2D eigenvalue weighted by atomic mass is 10.2. The Morgan fingerprint density at radius 1 is 0.842 bits per heavy atom. The van der Waals surface area contributed by atoms with Gasteiger partial charge in [0.15, 0.2) is 0 Å². The summed E-state index contributed by atoms with van der Waals surface area (Å²) in [6, 6.07) is 18.8. The number of nitrogens with one attached hydrogen (secondary N) is 4. The zero-order chi connectivity index (χ0) is 27.1. The van der Waals surface area contributed by atoms with E-state index >= 15 is 0 Å². The number of hydrogen-bond acceptors (Lipinski definition) is 9. The summed E-state index contributed by atoms with van der Waals surface area (Å²) in [4.78, 5) is 25.0. The van der Waals surface area contributed by atoms with Crippen molar-refractivity contribution >= 4 is 45.2 Å². The van der Waals surface area contributed by atoms with Gasteiger partial charge in [0.2, 0.25) is 17.8 Å². The van der Waals surface area contributed by atoms with Gasteiger partial charge in [-0.1, -0.05) is 24.3 Å². The van der Waals surface area contributed by atoms with Crippen LogP contribution in [0.3, 0.4) is 0 Å². The molecule has 0 fully saturated rings. The van der Waals surface area contributed by atoms with Crippen molar-refractivity contribution < 1.29 is 22.2 Å². The van der Waals surface area contributed by atoms with E-state index in [2.05, 4.69) is 36.2 Å². The highest BCUT2D eigenvalue weighted by atomic mass is 32.2. The molecule has 1 heterocycles. The fourth-order valence-corrected chi connectivity index (χ4v) is 4.11. The predicted octanol–water partition coefficient (Wildman–Crippen LogP) is 3.89. The molecule has 4 rings (SSSR count).